The van der Waals surface area contributed by atoms with Crippen LogP contribution >= 0.6 is 0 Å². The quantitative estimate of drug-likeness (QED) is 0.873. The van der Waals surface area contributed by atoms with Gasteiger partial charge in [-0.1, -0.05) is 0 Å². The Morgan fingerprint density at radius 3 is 2.56 bits per heavy atom. The van der Waals surface area contributed by atoms with Gasteiger partial charge in [0, 0.05) is 22.5 Å². The number of pyridine rings is 1. The van der Waals surface area contributed by atoms with Crippen LogP contribution in [0.5, 0.6) is 5.75 Å². The van der Waals surface area contributed by atoms with Gasteiger partial charge in [0.2, 0.25) is 0 Å². The van der Waals surface area contributed by atoms with Gasteiger partial charge < -0.3 is 15.5 Å². The van der Waals surface area contributed by atoms with E-state index in [4.69, 9.17) is 10.5 Å². The molecule has 1 aromatic heterocycles. The normalized spacial score (nSPS) is 12.9. The fourth-order valence-electron chi connectivity index (χ4n) is 1.89. The smallest absolute Gasteiger partial charge is 0.253 e. The molecule has 0 saturated heterocycles. The Morgan fingerprint density at radius 2 is 1.94 bits per heavy atom. The minimum Gasteiger partial charge on any atom is -0.491 e. The number of benzene rings is 1. The first-order chi connectivity index (χ1) is 8.47. The largest absolute Gasteiger partial charge is 0.491 e. The first-order valence-corrected chi connectivity index (χ1v) is 6.06. The second kappa shape index (κ2) is 4.82. The van der Waals surface area contributed by atoms with Gasteiger partial charge in [-0.05, 0) is 45.0 Å². The first-order valence-electron chi connectivity index (χ1n) is 6.06. The molecule has 4 nitrogen and oxygen atoms in total. The van der Waals surface area contributed by atoms with Gasteiger partial charge in [0.15, 0.2) is 0 Å². The predicted octanol–water partition coefficient (Wildman–Crippen LogP) is 2.33. The molecule has 2 aromatic rings. The van der Waals surface area contributed by atoms with Crippen molar-refractivity contribution in [2.45, 2.75) is 32.9 Å². The SMILES string of the molecule is CC(C)Oc1ccc2[nH]c(=O)c(C(C)N)cc2c1. The van der Waals surface area contributed by atoms with Crippen molar-refractivity contribution in [3.63, 3.8) is 0 Å². The molecule has 96 valence electrons. The van der Waals surface area contributed by atoms with Crippen LogP contribution in [0.1, 0.15) is 32.4 Å². The third kappa shape index (κ3) is 2.54. The lowest BCUT2D eigenvalue weighted by molar-refractivity contribution is 0.243. The number of nitrogens with one attached hydrogen (secondary N) is 1. The zero-order valence-electron chi connectivity index (χ0n) is 10.9. The molecule has 0 saturated carbocycles. The molecule has 4 heteroatoms. The highest BCUT2D eigenvalue weighted by molar-refractivity contribution is 5.80. The first kappa shape index (κ1) is 12.6. The van der Waals surface area contributed by atoms with E-state index in [-0.39, 0.29) is 17.7 Å². The summed E-state index contributed by atoms with van der Waals surface area (Å²) in [6.45, 7) is 5.75. The highest BCUT2D eigenvalue weighted by Crippen LogP contribution is 2.21. The van der Waals surface area contributed by atoms with Gasteiger partial charge in [-0.15, -0.1) is 0 Å². The molecule has 0 aliphatic rings. The number of ether oxygens (including phenoxy) is 1. The zero-order chi connectivity index (χ0) is 13.3. The summed E-state index contributed by atoms with van der Waals surface area (Å²) < 4.78 is 5.63. The van der Waals surface area contributed by atoms with E-state index in [1.54, 1.807) is 6.92 Å². The van der Waals surface area contributed by atoms with E-state index in [0.29, 0.717) is 5.56 Å². The second-order valence-electron chi connectivity index (χ2n) is 4.76. The van der Waals surface area contributed by atoms with Gasteiger partial charge in [0.05, 0.1) is 6.10 Å². The van der Waals surface area contributed by atoms with Gasteiger partial charge in [0.25, 0.3) is 5.56 Å². The van der Waals surface area contributed by atoms with E-state index in [1.165, 1.54) is 0 Å². The standard InChI is InChI=1S/C14H18N2O2/c1-8(2)18-11-4-5-13-10(6-11)7-12(9(3)15)14(17)16-13/h4-9H,15H2,1-3H3,(H,16,17). The van der Waals surface area contributed by atoms with Crippen LogP contribution in [0.4, 0.5) is 0 Å². The predicted molar refractivity (Wildman–Crippen MR) is 72.9 cm³/mol. The molecule has 1 aromatic carbocycles. The summed E-state index contributed by atoms with van der Waals surface area (Å²) in [4.78, 5) is 14.6. The van der Waals surface area contributed by atoms with Crippen molar-refractivity contribution in [2.75, 3.05) is 0 Å². The Labute approximate surface area is 106 Å². The molecule has 0 amide bonds. The third-order valence-corrected chi connectivity index (χ3v) is 2.71. The van der Waals surface area contributed by atoms with E-state index < -0.39 is 0 Å². The molecule has 1 heterocycles. The number of aromatic amines is 1. The van der Waals surface area contributed by atoms with Crippen LogP contribution in [-0.4, -0.2) is 11.1 Å². The topological polar surface area (TPSA) is 68.1 Å². The number of aromatic nitrogens is 1. The van der Waals surface area contributed by atoms with Crippen LogP contribution < -0.4 is 16.0 Å². The van der Waals surface area contributed by atoms with E-state index >= 15 is 0 Å². The van der Waals surface area contributed by atoms with Crippen molar-refractivity contribution < 1.29 is 4.74 Å². The summed E-state index contributed by atoms with van der Waals surface area (Å²) >= 11 is 0. The van der Waals surface area contributed by atoms with E-state index in [2.05, 4.69) is 4.98 Å². The van der Waals surface area contributed by atoms with E-state index in [0.717, 1.165) is 16.7 Å². The average molecular weight is 246 g/mol. The van der Waals surface area contributed by atoms with Crippen molar-refractivity contribution in [3.8, 4) is 5.75 Å². The summed E-state index contributed by atoms with van der Waals surface area (Å²) in [5.74, 6) is 0.792. The average Bonchev–Trinajstić information content (AvgIpc) is 2.27. The molecule has 2 rings (SSSR count). The molecule has 0 radical (unpaired) electrons. The molecule has 0 aliphatic carbocycles. The number of fused-ring (bicyclic) bond motifs is 1. The summed E-state index contributed by atoms with van der Waals surface area (Å²) in [7, 11) is 0. The van der Waals surface area contributed by atoms with Crippen molar-refractivity contribution in [2.24, 2.45) is 5.73 Å². The zero-order valence-corrected chi connectivity index (χ0v) is 10.9. The van der Waals surface area contributed by atoms with Crippen molar-refractivity contribution >= 4 is 10.9 Å². The van der Waals surface area contributed by atoms with E-state index in [1.807, 2.05) is 38.1 Å². The van der Waals surface area contributed by atoms with Crippen LogP contribution in [0.3, 0.4) is 0 Å². The van der Waals surface area contributed by atoms with Crippen LogP contribution in [-0.2, 0) is 0 Å². The molecule has 0 spiro atoms. The molecule has 18 heavy (non-hydrogen) atoms. The number of hydrogen-bond donors (Lipinski definition) is 2. The van der Waals surface area contributed by atoms with Crippen LogP contribution in [0.2, 0.25) is 0 Å². The number of nitrogens with two attached hydrogens (primary N) is 1. The summed E-state index contributed by atoms with van der Waals surface area (Å²) in [6, 6.07) is 7.15. The lowest BCUT2D eigenvalue weighted by Gasteiger charge is -2.11. The Morgan fingerprint density at radius 1 is 1.22 bits per heavy atom. The highest BCUT2D eigenvalue weighted by atomic mass is 16.5. The van der Waals surface area contributed by atoms with Gasteiger partial charge in [-0.3, -0.25) is 4.79 Å². The number of hydrogen-bond acceptors (Lipinski definition) is 3. The fourth-order valence-corrected chi connectivity index (χ4v) is 1.89. The van der Waals surface area contributed by atoms with Gasteiger partial charge in [0.1, 0.15) is 5.75 Å². The Bertz CT molecular complexity index is 615. The lowest BCUT2D eigenvalue weighted by atomic mass is 10.1. The molecular weight excluding hydrogens is 228 g/mol. The molecule has 1 atom stereocenters. The second-order valence-corrected chi connectivity index (χ2v) is 4.76. The molecule has 0 bridgehead atoms. The molecule has 0 aliphatic heterocycles. The Balaban J connectivity index is 2.54. The Hall–Kier alpha value is -1.81. The van der Waals surface area contributed by atoms with Crippen LogP contribution in [0.15, 0.2) is 29.1 Å². The summed E-state index contributed by atoms with van der Waals surface area (Å²) in [5.41, 5.74) is 7.02. The van der Waals surface area contributed by atoms with E-state index in [9.17, 15) is 4.79 Å². The molecule has 0 fully saturated rings. The maximum Gasteiger partial charge on any atom is 0.253 e. The molecule has 1 unspecified atom stereocenters. The van der Waals surface area contributed by atoms with Gasteiger partial charge >= 0.3 is 0 Å². The van der Waals surface area contributed by atoms with Gasteiger partial charge in [-0.2, -0.15) is 0 Å². The van der Waals surface area contributed by atoms with Crippen molar-refractivity contribution in [1.82, 2.24) is 4.98 Å². The van der Waals surface area contributed by atoms with Crippen molar-refractivity contribution in [3.05, 3.63) is 40.2 Å². The summed E-state index contributed by atoms with van der Waals surface area (Å²) in [5, 5.41) is 0.931. The minimum absolute atomic E-state index is 0.123. The van der Waals surface area contributed by atoms with Gasteiger partial charge in [-0.25, -0.2) is 0 Å². The maximum atomic E-state index is 11.8. The third-order valence-electron chi connectivity index (χ3n) is 2.71. The Kier molecular flexibility index (Phi) is 3.39. The van der Waals surface area contributed by atoms with Crippen molar-refractivity contribution in [1.29, 1.82) is 0 Å². The maximum absolute atomic E-state index is 11.8. The molecular formula is C14H18N2O2. The van der Waals surface area contributed by atoms with Crippen LogP contribution in [0.25, 0.3) is 10.9 Å². The monoisotopic (exact) mass is 246 g/mol. The number of rotatable bonds is 3. The number of H-pyrrole nitrogens is 1. The van der Waals surface area contributed by atoms with Crippen LogP contribution in [0, 0.1) is 0 Å². The summed E-state index contributed by atoms with van der Waals surface area (Å²) in [6.07, 6.45) is 0.123. The minimum atomic E-state index is -0.284. The lowest BCUT2D eigenvalue weighted by Crippen LogP contribution is -2.19. The molecule has 3 N–H and O–H groups in total. The fraction of sp³-hybridized carbons (Fsp3) is 0.357. The highest BCUT2D eigenvalue weighted by Gasteiger charge is 2.08.